The van der Waals surface area contributed by atoms with Crippen molar-refractivity contribution in [2.75, 3.05) is 17.7 Å². The molecular weight excluding hydrogens is 352 g/mol. The van der Waals surface area contributed by atoms with Crippen molar-refractivity contribution in [1.29, 1.82) is 0 Å². The first-order valence-electron chi connectivity index (χ1n) is 8.98. The van der Waals surface area contributed by atoms with Crippen LogP contribution in [0, 0.1) is 13.8 Å². The maximum absolute atomic E-state index is 5.29. The Morgan fingerprint density at radius 1 is 1.00 bits per heavy atom. The van der Waals surface area contributed by atoms with Crippen molar-refractivity contribution in [3.63, 3.8) is 0 Å². The zero-order chi connectivity index (χ0) is 19.7. The zero-order valence-electron chi connectivity index (χ0n) is 16.3. The first kappa shape index (κ1) is 17.8. The lowest BCUT2D eigenvalue weighted by Gasteiger charge is -2.13. The van der Waals surface area contributed by atoms with Crippen molar-refractivity contribution in [2.45, 2.75) is 13.8 Å². The Balaban J connectivity index is 1.76. The number of anilines is 4. The molecule has 0 bridgehead atoms. The molecule has 0 saturated heterocycles. The van der Waals surface area contributed by atoms with Gasteiger partial charge in [0.15, 0.2) is 5.65 Å². The summed E-state index contributed by atoms with van der Waals surface area (Å²) in [4.78, 5) is 9.33. The van der Waals surface area contributed by atoms with Gasteiger partial charge in [-0.3, -0.25) is 4.68 Å². The lowest BCUT2D eigenvalue weighted by atomic mass is 10.1. The maximum atomic E-state index is 5.29. The highest BCUT2D eigenvalue weighted by atomic mass is 16.5. The largest absolute Gasteiger partial charge is 0.497 e. The molecule has 0 spiro atoms. The molecule has 2 aromatic heterocycles. The van der Waals surface area contributed by atoms with Crippen LogP contribution in [-0.2, 0) is 7.05 Å². The number of hydrogen-bond acceptors (Lipinski definition) is 6. The molecule has 7 nitrogen and oxygen atoms in total. The van der Waals surface area contributed by atoms with Crippen LogP contribution in [0.25, 0.3) is 11.0 Å². The fraction of sp³-hybridized carbons (Fsp3) is 0.190. The molecule has 0 aliphatic rings. The molecule has 0 atom stereocenters. The average molecular weight is 374 g/mol. The third-order valence-electron chi connectivity index (χ3n) is 4.56. The van der Waals surface area contributed by atoms with Crippen LogP contribution in [0.5, 0.6) is 5.75 Å². The van der Waals surface area contributed by atoms with Gasteiger partial charge in [0.05, 0.1) is 18.7 Å². The first-order valence-corrected chi connectivity index (χ1v) is 8.98. The van der Waals surface area contributed by atoms with Crippen molar-refractivity contribution in [2.24, 2.45) is 7.05 Å². The number of aromatic nitrogens is 4. The van der Waals surface area contributed by atoms with Crippen LogP contribution in [0.1, 0.15) is 11.1 Å². The molecule has 2 N–H and O–H groups in total. The van der Waals surface area contributed by atoms with Crippen LogP contribution in [0.4, 0.5) is 23.1 Å². The minimum absolute atomic E-state index is 0.483. The number of hydrogen-bond donors (Lipinski definition) is 2. The van der Waals surface area contributed by atoms with E-state index in [1.165, 1.54) is 5.56 Å². The summed E-state index contributed by atoms with van der Waals surface area (Å²) in [6, 6.07) is 13.9. The van der Waals surface area contributed by atoms with E-state index in [0.717, 1.165) is 33.7 Å². The Morgan fingerprint density at radius 2 is 1.86 bits per heavy atom. The third kappa shape index (κ3) is 3.46. The molecule has 0 fully saturated rings. The SMILES string of the molecule is COc1cccc(Nc2nc(Nc3cc(C)ccc3C)c3cnn(C)c3n2)c1. The molecule has 4 aromatic rings. The van der Waals surface area contributed by atoms with E-state index in [1.54, 1.807) is 18.0 Å². The molecule has 0 radical (unpaired) electrons. The summed E-state index contributed by atoms with van der Waals surface area (Å²) < 4.78 is 7.03. The highest BCUT2D eigenvalue weighted by Crippen LogP contribution is 2.28. The lowest BCUT2D eigenvalue weighted by Crippen LogP contribution is -2.04. The topological polar surface area (TPSA) is 76.9 Å². The second kappa shape index (κ2) is 7.19. The van der Waals surface area contributed by atoms with Crippen LogP contribution in [-0.4, -0.2) is 26.9 Å². The van der Waals surface area contributed by atoms with Crippen LogP contribution in [0.2, 0.25) is 0 Å². The Labute approximate surface area is 163 Å². The molecule has 0 saturated carbocycles. The fourth-order valence-corrected chi connectivity index (χ4v) is 3.00. The molecule has 142 valence electrons. The molecule has 0 unspecified atom stereocenters. The van der Waals surface area contributed by atoms with Gasteiger partial charge < -0.3 is 15.4 Å². The van der Waals surface area contributed by atoms with E-state index in [9.17, 15) is 0 Å². The predicted octanol–water partition coefficient (Wildman–Crippen LogP) is 4.48. The van der Waals surface area contributed by atoms with Gasteiger partial charge in [-0.05, 0) is 43.2 Å². The van der Waals surface area contributed by atoms with Gasteiger partial charge in [0.1, 0.15) is 11.6 Å². The van der Waals surface area contributed by atoms with Gasteiger partial charge in [0.25, 0.3) is 0 Å². The molecule has 0 amide bonds. The van der Waals surface area contributed by atoms with Crippen molar-refractivity contribution >= 4 is 34.2 Å². The van der Waals surface area contributed by atoms with E-state index in [0.29, 0.717) is 11.8 Å². The molecule has 4 rings (SSSR count). The van der Waals surface area contributed by atoms with Gasteiger partial charge in [0.2, 0.25) is 5.95 Å². The van der Waals surface area contributed by atoms with Gasteiger partial charge >= 0.3 is 0 Å². The van der Waals surface area contributed by atoms with Gasteiger partial charge in [-0.2, -0.15) is 15.1 Å². The van der Waals surface area contributed by atoms with Crippen LogP contribution in [0.3, 0.4) is 0 Å². The monoisotopic (exact) mass is 374 g/mol. The molecule has 28 heavy (non-hydrogen) atoms. The van der Waals surface area contributed by atoms with E-state index >= 15 is 0 Å². The van der Waals surface area contributed by atoms with E-state index < -0.39 is 0 Å². The van der Waals surface area contributed by atoms with Gasteiger partial charge in [-0.25, -0.2) is 0 Å². The van der Waals surface area contributed by atoms with Gasteiger partial charge in [-0.1, -0.05) is 18.2 Å². The zero-order valence-corrected chi connectivity index (χ0v) is 16.3. The summed E-state index contributed by atoms with van der Waals surface area (Å²) in [5.41, 5.74) is 4.92. The second-order valence-electron chi connectivity index (χ2n) is 6.70. The van der Waals surface area contributed by atoms with Crippen LogP contribution >= 0.6 is 0 Å². The molecule has 0 aliphatic carbocycles. The van der Waals surface area contributed by atoms with Crippen molar-refractivity contribution in [3.8, 4) is 5.75 Å². The summed E-state index contributed by atoms with van der Waals surface area (Å²) in [7, 11) is 3.51. The number of rotatable bonds is 5. The maximum Gasteiger partial charge on any atom is 0.231 e. The molecule has 2 heterocycles. The smallest absolute Gasteiger partial charge is 0.231 e. The normalized spacial score (nSPS) is 10.9. The van der Waals surface area contributed by atoms with E-state index in [4.69, 9.17) is 9.72 Å². The second-order valence-corrected chi connectivity index (χ2v) is 6.70. The average Bonchev–Trinajstić information content (AvgIpc) is 3.06. The molecular formula is C21H22N6O. The van der Waals surface area contributed by atoms with E-state index in [1.807, 2.05) is 31.3 Å². The Morgan fingerprint density at radius 3 is 2.68 bits per heavy atom. The summed E-state index contributed by atoms with van der Waals surface area (Å²) in [6.45, 7) is 4.14. The number of nitrogens with zero attached hydrogens (tertiary/aromatic N) is 4. The third-order valence-corrected chi connectivity index (χ3v) is 4.56. The Kier molecular flexibility index (Phi) is 4.57. The number of aryl methyl sites for hydroxylation is 3. The van der Waals surface area contributed by atoms with Crippen molar-refractivity contribution < 1.29 is 4.74 Å². The molecule has 7 heteroatoms. The number of benzene rings is 2. The lowest BCUT2D eigenvalue weighted by molar-refractivity contribution is 0.415. The van der Waals surface area contributed by atoms with E-state index in [2.05, 4.69) is 52.8 Å². The highest BCUT2D eigenvalue weighted by Gasteiger charge is 2.13. The summed E-state index contributed by atoms with van der Waals surface area (Å²) >= 11 is 0. The van der Waals surface area contributed by atoms with E-state index in [-0.39, 0.29) is 0 Å². The summed E-state index contributed by atoms with van der Waals surface area (Å²) in [5.74, 6) is 1.95. The van der Waals surface area contributed by atoms with Crippen LogP contribution < -0.4 is 15.4 Å². The van der Waals surface area contributed by atoms with Gasteiger partial charge in [0, 0.05) is 24.5 Å². The Bertz CT molecular complexity index is 1150. The minimum atomic E-state index is 0.483. The quantitative estimate of drug-likeness (QED) is 0.536. The number of fused-ring (bicyclic) bond motifs is 1. The minimum Gasteiger partial charge on any atom is -0.497 e. The van der Waals surface area contributed by atoms with Crippen molar-refractivity contribution in [3.05, 3.63) is 59.8 Å². The van der Waals surface area contributed by atoms with Crippen LogP contribution in [0.15, 0.2) is 48.7 Å². The first-order chi connectivity index (χ1) is 13.5. The fourth-order valence-electron chi connectivity index (χ4n) is 3.00. The summed E-state index contributed by atoms with van der Waals surface area (Å²) in [6.07, 6.45) is 1.78. The number of ether oxygens (including phenoxy) is 1. The standard InChI is InChI=1S/C21H22N6O/c1-13-8-9-14(2)18(10-13)24-19-17-12-22-27(3)20(17)26-21(25-19)23-15-6-5-7-16(11-15)28-4/h5-12H,1-4H3,(H2,23,24,25,26). The highest BCUT2D eigenvalue weighted by molar-refractivity contribution is 5.90. The van der Waals surface area contributed by atoms with Crippen molar-refractivity contribution in [1.82, 2.24) is 19.7 Å². The van der Waals surface area contributed by atoms with Gasteiger partial charge in [-0.15, -0.1) is 0 Å². The molecule has 0 aliphatic heterocycles. The summed E-state index contributed by atoms with van der Waals surface area (Å²) in [5, 5.41) is 11.9. The predicted molar refractivity (Wildman–Crippen MR) is 112 cm³/mol. The number of methoxy groups -OCH3 is 1. The number of nitrogens with one attached hydrogen (secondary N) is 2. The Hall–Kier alpha value is -3.61. The molecule has 2 aromatic carbocycles.